The van der Waals surface area contributed by atoms with Gasteiger partial charge in [-0.25, -0.2) is 14.3 Å². The maximum atomic E-state index is 14.4. The van der Waals surface area contributed by atoms with Gasteiger partial charge in [-0.2, -0.15) is 18.3 Å². The highest BCUT2D eigenvalue weighted by Gasteiger charge is 2.39. The minimum absolute atomic E-state index is 0.0214. The van der Waals surface area contributed by atoms with Crippen molar-refractivity contribution in [3.8, 4) is 17.0 Å². The first-order chi connectivity index (χ1) is 25.7. The second kappa shape index (κ2) is 16.5. The van der Waals surface area contributed by atoms with Crippen molar-refractivity contribution in [1.29, 1.82) is 0 Å². The number of rotatable bonds is 7. The second-order valence-electron chi connectivity index (χ2n) is 14.0. The lowest BCUT2D eigenvalue weighted by Crippen LogP contribution is -2.50. The Morgan fingerprint density at radius 2 is 1.56 bits per heavy atom. The van der Waals surface area contributed by atoms with Crippen LogP contribution in [0.25, 0.3) is 16.9 Å². The molecule has 2 aromatic heterocycles. The van der Waals surface area contributed by atoms with E-state index in [0.29, 0.717) is 68.2 Å². The van der Waals surface area contributed by atoms with Gasteiger partial charge >= 0.3 is 12.3 Å². The predicted molar refractivity (Wildman–Crippen MR) is 200 cm³/mol. The first-order valence-electron chi connectivity index (χ1n) is 17.8. The van der Waals surface area contributed by atoms with E-state index in [-0.39, 0.29) is 41.2 Å². The van der Waals surface area contributed by atoms with Crippen molar-refractivity contribution in [2.24, 2.45) is 0 Å². The summed E-state index contributed by atoms with van der Waals surface area (Å²) in [5.41, 5.74) is 0.586. The number of hydrogen-bond donors (Lipinski definition) is 1. The highest BCUT2D eigenvalue weighted by Crippen LogP contribution is 2.37. The number of carbonyl (C=O) groups excluding carboxylic acids is 2. The number of halogens is 3. The van der Waals surface area contributed by atoms with Crippen LogP contribution in [-0.2, 0) is 10.9 Å². The van der Waals surface area contributed by atoms with Crippen molar-refractivity contribution in [3.05, 3.63) is 90.3 Å². The Hall–Kier alpha value is -5.15. The molecule has 6 rings (SSSR count). The van der Waals surface area contributed by atoms with Gasteiger partial charge in [-0.1, -0.05) is 12.1 Å². The molecule has 0 aliphatic carbocycles. The number of amides is 2. The molecule has 2 saturated heterocycles. The van der Waals surface area contributed by atoms with Crippen molar-refractivity contribution in [3.63, 3.8) is 0 Å². The van der Waals surface area contributed by atoms with Crippen LogP contribution in [0.5, 0.6) is 5.75 Å². The largest absolute Gasteiger partial charge is 0.497 e. The summed E-state index contributed by atoms with van der Waals surface area (Å²) in [4.78, 5) is 38.5. The second-order valence-corrected chi connectivity index (χ2v) is 14.0. The van der Waals surface area contributed by atoms with E-state index in [4.69, 9.17) is 9.47 Å². The van der Waals surface area contributed by atoms with Gasteiger partial charge < -0.3 is 29.3 Å². The summed E-state index contributed by atoms with van der Waals surface area (Å²) < 4.78 is 54.7. The van der Waals surface area contributed by atoms with Crippen molar-refractivity contribution >= 4 is 23.3 Å². The number of anilines is 1. The van der Waals surface area contributed by atoms with Crippen LogP contribution in [0.2, 0.25) is 0 Å². The number of fused-ring (bicyclic) bond motifs is 1. The number of benzene rings is 2. The molecular weight excluding hydrogens is 703 g/mol. The Balaban J connectivity index is 0.00000276. The van der Waals surface area contributed by atoms with Gasteiger partial charge in [0.2, 0.25) is 0 Å². The van der Waals surface area contributed by atoms with Gasteiger partial charge in [-0.15, -0.1) is 13.2 Å². The van der Waals surface area contributed by atoms with E-state index in [0.717, 1.165) is 17.4 Å². The molecule has 2 fully saturated rings. The van der Waals surface area contributed by atoms with Crippen molar-refractivity contribution in [2.75, 3.05) is 71.0 Å². The SMILES string of the molecule is C=C.COc1ccc(-c2nc3c(C(=O)N4CCN([C@@H](CO)c5cccc(N6CCN(C(=O)OC(C)(C)C)CC6)c5)CC4)cnn3c(C(F)(F)F)c2C)cc1. The maximum Gasteiger partial charge on any atom is 0.433 e. The predicted octanol–water partition coefficient (Wildman–Crippen LogP) is 6.08. The fraction of sp³-hybridized carbons (Fsp3) is 0.436. The minimum atomic E-state index is -4.75. The molecule has 0 bridgehead atoms. The highest BCUT2D eigenvalue weighted by molar-refractivity contribution is 6.00. The first kappa shape index (κ1) is 40.0. The maximum absolute atomic E-state index is 14.4. The lowest BCUT2D eigenvalue weighted by atomic mass is 10.0. The van der Waals surface area contributed by atoms with Crippen LogP contribution in [0.15, 0.2) is 67.9 Å². The van der Waals surface area contributed by atoms with Crippen molar-refractivity contribution in [2.45, 2.75) is 45.5 Å². The molecule has 0 radical (unpaired) electrons. The Morgan fingerprint density at radius 1 is 0.926 bits per heavy atom. The minimum Gasteiger partial charge on any atom is -0.497 e. The standard InChI is InChI=1S/C37H44F3N7O5.C2H4/c1-24-31(25-9-11-28(51-5)12-10-25)42-33-29(22-41-47(33)32(24)37(38,39)40)34(49)45-17-15-44(16-18-45)30(23-48)26-7-6-8-27(21-26)43-13-19-46(20-14-43)35(50)52-36(2,3)4;1-2/h6-12,21-22,30,48H,13-20,23H2,1-5H3;1-2H2/t30-;/m0./s1. The summed E-state index contributed by atoms with van der Waals surface area (Å²) in [6, 6.07) is 14.2. The van der Waals surface area contributed by atoms with Gasteiger partial charge in [0.15, 0.2) is 11.3 Å². The molecule has 0 unspecified atom stereocenters. The summed E-state index contributed by atoms with van der Waals surface area (Å²) in [6.07, 6.45) is -3.93. The van der Waals surface area contributed by atoms with Gasteiger partial charge in [-0.3, -0.25) is 9.69 Å². The number of ether oxygens (including phenoxy) is 2. The molecule has 2 aliphatic heterocycles. The molecule has 4 heterocycles. The van der Waals surface area contributed by atoms with E-state index >= 15 is 0 Å². The lowest BCUT2D eigenvalue weighted by Gasteiger charge is -2.39. The Morgan fingerprint density at radius 3 is 2.13 bits per heavy atom. The number of piperazine rings is 2. The number of aliphatic hydroxyl groups excluding tert-OH is 1. The summed E-state index contributed by atoms with van der Waals surface area (Å²) in [5, 5.41) is 14.5. The molecule has 2 aromatic carbocycles. The van der Waals surface area contributed by atoms with E-state index in [9.17, 15) is 27.9 Å². The molecule has 2 amide bonds. The van der Waals surface area contributed by atoms with Gasteiger partial charge in [0.25, 0.3) is 5.91 Å². The molecule has 15 heteroatoms. The monoisotopic (exact) mass is 751 g/mol. The fourth-order valence-corrected chi connectivity index (χ4v) is 6.83. The average molecular weight is 752 g/mol. The van der Waals surface area contributed by atoms with Crippen LogP contribution in [-0.4, -0.2) is 118 Å². The average Bonchev–Trinajstić information content (AvgIpc) is 3.58. The molecular formula is C39H48F3N7O5. The summed E-state index contributed by atoms with van der Waals surface area (Å²) in [5.74, 6) is 0.0807. The van der Waals surface area contributed by atoms with Crippen LogP contribution in [0.1, 0.15) is 54.0 Å². The first-order valence-corrected chi connectivity index (χ1v) is 17.8. The summed E-state index contributed by atoms with van der Waals surface area (Å²) >= 11 is 0. The molecule has 4 aromatic rings. The number of carbonyl (C=O) groups is 2. The van der Waals surface area contributed by atoms with Crippen LogP contribution >= 0.6 is 0 Å². The molecule has 12 nitrogen and oxygen atoms in total. The molecule has 1 N–H and O–H groups in total. The third-order valence-electron chi connectivity index (χ3n) is 9.51. The van der Waals surface area contributed by atoms with Crippen LogP contribution in [0.3, 0.4) is 0 Å². The quantitative estimate of drug-likeness (QED) is 0.224. The zero-order valence-electron chi connectivity index (χ0n) is 31.4. The van der Waals surface area contributed by atoms with Gasteiger partial charge in [-0.05, 0) is 69.7 Å². The molecule has 1 atom stereocenters. The molecule has 2 aliphatic rings. The number of hydrogen-bond acceptors (Lipinski definition) is 9. The van der Waals surface area contributed by atoms with E-state index < -0.39 is 23.4 Å². The zero-order valence-corrected chi connectivity index (χ0v) is 31.4. The van der Waals surface area contributed by atoms with E-state index in [1.54, 1.807) is 34.1 Å². The van der Waals surface area contributed by atoms with Crippen LogP contribution in [0.4, 0.5) is 23.7 Å². The molecule has 0 saturated carbocycles. The van der Waals surface area contributed by atoms with Gasteiger partial charge in [0.1, 0.15) is 16.9 Å². The van der Waals surface area contributed by atoms with E-state index in [1.807, 2.05) is 45.0 Å². The fourth-order valence-electron chi connectivity index (χ4n) is 6.83. The van der Waals surface area contributed by atoms with E-state index in [2.05, 4.69) is 33.0 Å². The zero-order chi connectivity index (χ0) is 39.4. The molecule has 54 heavy (non-hydrogen) atoms. The van der Waals surface area contributed by atoms with Crippen LogP contribution < -0.4 is 9.64 Å². The van der Waals surface area contributed by atoms with Crippen LogP contribution in [0, 0.1) is 6.92 Å². The van der Waals surface area contributed by atoms with Crippen molar-refractivity contribution < 1.29 is 37.3 Å². The highest BCUT2D eigenvalue weighted by atomic mass is 19.4. The van der Waals surface area contributed by atoms with Crippen molar-refractivity contribution in [1.82, 2.24) is 29.3 Å². The molecule has 0 spiro atoms. The number of aliphatic hydroxyl groups is 1. The number of alkyl halides is 3. The normalized spacial score (nSPS) is 16.1. The number of methoxy groups -OCH3 is 1. The third-order valence-corrected chi connectivity index (χ3v) is 9.51. The van der Waals surface area contributed by atoms with E-state index in [1.165, 1.54) is 14.0 Å². The smallest absolute Gasteiger partial charge is 0.433 e. The Bertz CT molecular complexity index is 1930. The van der Waals surface area contributed by atoms with Gasteiger partial charge in [0.05, 0.1) is 31.6 Å². The Labute approximate surface area is 313 Å². The molecule has 290 valence electrons. The topological polar surface area (TPSA) is 116 Å². The Kier molecular flexibility index (Phi) is 12.2. The lowest BCUT2D eigenvalue weighted by molar-refractivity contribution is -0.143. The van der Waals surface area contributed by atoms with Gasteiger partial charge in [0, 0.05) is 69.2 Å². The number of nitrogens with zero attached hydrogens (tertiary/aromatic N) is 7. The summed E-state index contributed by atoms with van der Waals surface area (Å²) in [7, 11) is 1.50. The third kappa shape index (κ3) is 8.63. The number of aromatic nitrogens is 3. The summed E-state index contributed by atoms with van der Waals surface area (Å²) in [6.45, 7) is 16.5.